The zero-order chi connectivity index (χ0) is 24.3. The molecule has 3 aliphatic rings. The second-order valence-electron chi connectivity index (χ2n) is 8.54. The molecule has 0 saturated heterocycles. The van der Waals surface area contributed by atoms with E-state index in [-0.39, 0.29) is 19.3 Å². The van der Waals surface area contributed by atoms with Gasteiger partial charge in [0.15, 0.2) is 5.60 Å². The molecule has 2 unspecified atom stereocenters. The molecule has 2 aromatic rings. The van der Waals surface area contributed by atoms with Gasteiger partial charge in [-0.15, -0.1) is 5.10 Å². The van der Waals surface area contributed by atoms with Gasteiger partial charge in [-0.25, -0.2) is 22.2 Å². The first-order valence-corrected chi connectivity index (χ1v) is 9.67. The van der Waals surface area contributed by atoms with Gasteiger partial charge < -0.3 is 9.84 Å². The van der Waals surface area contributed by atoms with Crippen molar-refractivity contribution in [2.24, 2.45) is 10.8 Å². The normalized spacial score (nSPS) is 26.9. The molecule has 2 bridgehead atoms. The summed E-state index contributed by atoms with van der Waals surface area (Å²) in [4.78, 5) is 0. The highest BCUT2D eigenvalue weighted by Crippen LogP contribution is 2.80. The number of halogens is 7. The van der Waals surface area contributed by atoms with Crippen molar-refractivity contribution >= 4 is 0 Å². The molecule has 5 rings (SSSR count). The predicted octanol–water partition coefficient (Wildman–Crippen LogP) is 3.23. The van der Waals surface area contributed by atoms with Crippen LogP contribution in [0.1, 0.15) is 24.8 Å². The van der Waals surface area contributed by atoms with Crippen molar-refractivity contribution < 1.29 is 40.6 Å². The average Bonchev–Trinajstić information content (AvgIpc) is 3.16. The van der Waals surface area contributed by atoms with Crippen molar-refractivity contribution in [2.45, 2.75) is 49.6 Å². The van der Waals surface area contributed by atoms with Gasteiger partial charge in [0.05, 0.1) is 6.54 Å². The maximum absolute atomic E-state index is 16.2. The van der Waals surface area contributed by atoms with Crippen LogP contribution in [0.3, 0.4) is 0 Å². The highest BCUT2D eigenvalue weighted by molar-refractivity contribution is 5.39. The van der Waals surface area contributed by atoms with E-state index >= 15 is 8.78 Å². The van der Waals surface area contributed by atoms with Gasteiger partial charge in [-0.1, -0.05) is 11.8 Å². The third-order valence-corrected chi connectivity index (χ3v) is 6.48. The van der Waals surface area contributed by atoms with Crippen molar-refractivity contribution in [3.63, 3.8) is 0 Å². The standard InChI is InChI=1S/C20H17F7N4O2/c1-33-18(10-31-11-28-29-30-31,13-3-2-12(21)6-14(13)22)20(26,27)17-7-16(8-17,9-17)5-4-15(32)19(23,24)25/h2-3,6,11,15,32H,7-10H2,1H3. The van der Waals surface area contributed by atoms with E-state index in [1.807, 2.05) is 0 Å². The van der Waals surface area contributed by atoms with Gasteiger partial charge in [-0.05, 0) is 41.8 Å². The van der Waals surface area contributed by atoms with Crippen molar-refractivity contribution in [2.75, 3.05) is 7.11 Å². The predicted molar refractivity (Wildman–Crippen MR) is 96.4 cm³/mol. The number of hydrogen-bond acceptors (Lipinski definition) is 5. The highest BCUT2D eigenvalue weighted by Gasteiger charge is 2.82. The molecule has 3 saturated carbocycles. The van der Waals surface area contributed by atoms with E-state index in [9.17, 15) is 22.0 Å². The van der Waals surface area contributed by atoms with E-state index in [1.54, 1.807) is 5.92 Å². The number of tetrazole rings is 1. The minimum atomic E-state index is -4.95. The Morgan fingerprint density at radius 1 is 1.18 bits per heavy atom. The van der Waals surface area contributed by atoms with Crippen LogP contribution < -0.4 is 0 Å². The van der Waals surface area contributed by atoms with Crippen LogP contribution in [0.25, 0.3) is 0 Å². The van der Waals surface area contributed by atoms with Gasteiger partial charge in [-0.2, -0.15) is 13.2 Å². The van der Waals surface area contributed by atoms with E-state index in [2.05, 4.69) is 21.4 Å². The fraction of sp³-hybridized carbons (Fsp3) is 0.550. The summed E-state index contributed by atoms with van der Waals surface area (Å²) in [6, 6.07) is 2.12. The Labute approximate surface area is 182 Å². The van der Waals surface area contributed by atoms with Crippen LogP contribution in [-0.4, -0.2) is 50.6 Å². The lowest BCUT2D eigenvalue weighted by Crippen LogP contribution is -2.74. The van der Waals surface area contributed by atoms with Gasteiger partial charge in [0.1, 0.15) is 18.0 Å². The molecule has 6 nitrogen and oxygen atoms in total. The fourth-order valence-corrected chi connectivity index (χ4v) is 4.94. The third kappa shape index (κ3) is 3.47. The summed E-state index contributed by atoms with van der Waals surface area (Å²) in [5.74, 6) is -2.07. The number of aliphatic hydroxyl groups excluding tert-OH is 1. The molecular formula is C20H17F7N4O2. The smallest absolute Gasteiger partial charge is 0.372 e. The van der Waals surface area contributed by atoms with Crippen molar-refractivity contribution in [1.29, 1.82) is 0 Å². The topological polar surface area (TPSA) is 73.1 Å². The third-order valence-electron chi connectivity index (χ3n) is 6.48. The van der Waals surface area contributed by atoms with E-state index in [4.69, 9.17) is 9.84 Å². The molecule has 13 heteroatoms. The number of aliphatic hydroxyl groups is 1. The molecule has 1 aromatic heterocycles. The Morgan fingerprint density at radius 3 is 2.36 bits per heavy atom. The van der Waals surface area contributed by atoms with Crippen LogP contribution in [0, 0.1) is 34.3 Å². The zero-order valence-electron chi connectivity index (χ0n) is 17.0. The van der Waals surface area contributed by atoms with Crippen molar-refractivity contribution in [3.05, 3.63) is 41.7 Å². The minimum Gasteiger partial charge on any atom is -0.372 e. The molecule has 2 atom stereocenters. The SMILES string of the molecule is COC(Cn1cnnn1)(c1ccc(F)cc1F)C(F)(F)C12CC(C#CC(O)C(F)(F)F)(C1)C2. The van der Waals surface area contributed by atoms with Crippen LogP contribution in [0.2, 0.25) is 0 Å². The quantitative estimate of drug-likeness (QED) is 0.510. The van der Waals surface area contributed by atoms with Gasteiger partial charge in [-0.3, -0.25) is 0 Å². The lowest BCUT2D eigenvalue weighted by atomic mass is 9.32. The Morgan fingerprint density at radius 2 is 1.85 bits per heavy atom. The van der Waals surface area contributed by atoms with E-state index < -0.39 is 58.4 Å². The highest BCUT2D eigenvalue weighted by atomic mass is 19.4. The van der Waals surface area contributed by atoms with Crippen LogP contribution in [0.5, 0.6) is 0 Å². The lowest BCUT2D eigenvalue weighted by Gasteiger charge is -2.72. The Bertz CT molecular complexity index is 1090. The molecule has 1 aromatic carbocycles. The number of nitrogens with zero attached hydrogens (tertiary/aromatic N) is 4. The first-order chi connectivity index (χ1) is 15.3. The van der Waals surface area contributed by atoms with Crippen molar-refractivity contribution in [1.82, 2.24) is 20.2 Å². The number of methoxy groups -OCH3 is 1. The Hall–Kier alpha value is -2.72. The molecule has 1 N–H and O–H groups in total. The molecule has 0 amide bonds. The van der Waals surface area contributed by atoms with E-state index in [1.165, 1.54) is 0 Å². The number of alkyl halides is 5. The number of hydrogen-bond donors (Lipinski definition) is 1. The molecule has 3 aliphatic carbocycles. The van der Waals surface area contributed by atoms with Crippen LogP contribution in [0.15, 0.2) is 24.5 Å². The molecular weight excluding hydrogens is 461 g/mol. The van der Waals surface area contributed by atoms with E-state index in [0.717, 1.165) is 30.3 Å². The summed E-state index contributed by atoms with van der Waals surface area (Å²) >= 11 is 0. The van der Waals surface area contributed by atoms with Gasteiger partial charge in [0.2, 0.25) is 6.10 Å². The number of aromatic nitrogens is 4. The number of rotatable bonds is 6. The largest absolute Gasteiger partial charge is 0.425 e. The Balaban J connectivity index is 1.69. The van der Waals surface area contributed by atoms with E-state index in [0.29, 0.717) is 6.07 Å². The summed E-state index contributed by atoms with van der Waals surface area (Å²) in [5, 5.41) is 19.4. The molecule has 0 aliphatic heterocycles. The van der Waals surface area contributed by atoms with Gasteiger partial charge in [0.25, 0.3) is 5.92 Å². The second kappa shape index (κ2) is 7.39. The van der Waals surface area contributed by atoms with Crippen LogP contribution in [0.4, 0.5) is 30.7 Å². The monoisotopic (exact) mass is 478 g/mol. The summed E-state index contributed by atoms with van der Waals surface area (Å²) in [6.45, 7) is -0.723. The van der Waals surface area contributed by atoms with Gasteiger partial charge >= 0.3 is 6.18 Å². The zero-order valence-corrected chi connectivity index (χ0v) is 17.0. The summed E-state index contributed by atoms with van der Waals surface area (Å²) in [7, 11) is 0.946. The first kappa shape index (κ1) is 23.4. The summed E-state index contributed by atoms with van der Waals surface area (Å²) in [6.07, 6.45) is -7.65. The Kier molecular flexibility index (Phi) is 5.25. The fourth-order valence-electron chi connectivity index (χ4n) is 4.94. The molecule has 178 valence electrons. The maximum atomic E-state index is 16.2. The number of ether oxygens (including phenoxy) is 1. The second-order valence-corrected chi connectivity index (χ2v) is 8.54. The summed E-state index contributed by atoms with van der Waals surface area (Å²) < 4.78 is 104. The minimum absolute atomic E-state index is 0.284. The van der Waals surface area contributed by atoms with Crippen molar-refractivity contribution in [3.8, 4) is 11.8 Å². The molecule has 3 fully saturated rings. The molecule has 0 radical (unpaired) electrons. The maximum Gasteiger partial charge on any atom is 0.425 e. The molecule has 1 heterocycles. The van der Waals surface area contributed by atoms with Crippen LogP contribution >= 0.6 is 0 Å². The molecule has 33 heavy (non-hydrogen) atoms. The number of benzene rings is 1. The molecule has 0 spiro atoms. The van der Waals surface area contributed by atoms with Crippen LogP contribution in [-0.2, 0) is 16.9 Å². The average molecular weight is 478 g/mol. The first-order valence-electron chi connectivity index (χ1n) is 9.67. The van der Waals surface area contributed by atoms with Gasteiger partial charge in [0, 0.05) is 29.6 Å². The summed E-state index contributed by atoms with van der Waals surface area (Å²) in [5.41, 5.74) is -6.14. The lowest BCUT2D eigenvalue weighted by molar-refractivity contribution is -0.360.